The third kappa shape index (κ3) is 3.67. The molecular formula is C14H21N3O2. The summed E-state index contributed by atoms with van der Waals surface area (Å²) in [7, 11) is 2.14. The molecule has 5 heteroatoms. The maximum atomic E-state index is 10.8. The van der Waals surface area contributed by atoms with Crippen LogP contribution < -0.4 is 5.32 Å². The smallest absolute Gasteiger partial charge is 0.271 e. The summed E-state index contributed by atoms with van der Waals surface area (Å²) >= 11 is 0. The SMILES string of the molecule is Cc1cc(NCC(C)N(C)C2CC2)cc([N+](=O)[O-])c1. The first-order valence-electron chi connectivity index (χ1n) is 6.69. The Bertz CT molecular complexity index is 472. The second-order valence-corrected chi connectivity index (χ2v) is 5.44. The number of nitrogens with zero attached hydrogens (tertiary/aromatic N) is 2. The molecule has 0 aliphatic heterocycles. The van der Waals surface area contributed by atoms with Gasteiger partial charge in [0.2, 0.25) is 0 Å². The molecule has 1 unspecified atom stereocenters. The first-order valence-corrected chi connectivity index (χ1v) is 6.69. The van der Waals surface area contributed by atoms with E-state index < -0.39 is 0 Å². The normalized spacial score (nSPS) is 16.4. The molecule has 1 aromatic carbocycles. The molecule has 0 aromatic heterocycles. The van der Waals surface area contributed by atoms with E-state index in [0.717, 1.165) is 23.8 Å². The first kappa shape index (κ1) is 13.8. The topological polar surface area (TPSA) is 58.4 Å². The highest BCUT2D eigenvalue weighted by Gasteiger charge is 2.28. The van der Waals surface area contributed by atoms with Crippen molar-refractivity contribution in [2.45, 2.75) is 38.8 Å². The zero-order valence-corrected chi connectivity index (χ0v) is 11.7. The molecule has 0 saturated heterocycles. The zero-order chi connectivity index (χ0) is 14.0. The fourth-order valence-corrected chi connectivity index (χ4v) is 2.22. The van der Waals surface area contributed by atoms with Crippen LogP contribution in [0.2, 0.25) is 0 Å². The lowest BCUT2D eigenvalue weighted by molar-refractivity contribution is -0.384. The molecule has 19 heavy (non-hydrogen) atoms. The maximum Gasteiger partial charge on any atom is 0.271 e. The van der Waals surface area contributed by atoms with Gasteiger partial charge in [0.15, 0.2) is 0 Å². The van der Waals surface area contributed by atoms with Crippen molar-refractivity contribution >= 4 is 11.4 Å². The number of hydrogen-bond donors (Lipinski definition) is 1. The van der Waals surface area contributed by atoms with Gasteiger partial charge >= 0.3 is 0 Å². The summed E-state index contributed by atoms with van der Waals surface area (Å²) in [5.74, 6) is 0. The van der Waals surface area contributed by atoms with Crippen molar-refractivity contribution in [1.29, 1.82) is 0 Å². The summed E-state index contributed by atoms with van der Waals surface area (Å²) in [6.07, 6.45) is 2.58. The minimum atomic E-state index is -0.349. The van der Waals surface area contributed by atoms with Gasteiger partial charge in [0.1, 0.15) is 0 Å². The van der Waals surface area contributed by atoms with Crippen molar-refractivity contribution in [3.05, 3.63) is 33.9 Å². The van der Waals surface area contributed by atoms with Crippen LogP contribution in [0.25, 0.3) is 0 Å². The van der Waals surface area contributed by atoms with Gasteiger partial charge in [0.05, 0.1) is 4.92 Å². The average molecular weight is 263 g/mol. The lowest BCUT2D eigenvalue weighted by Gasteiger charge is -2.25. The number of anilines is 1. The second-order valence-electron chi connectivity index (χ2n) is 5.44. The highest BCUT2D eigenvalue weighted by molar-refractivity contribution is 5.53. The van der Waals surface area contributed by atoms with E-state index in [1.807, 2.05) is 13.0 Å². The van der Waals surface area contributed by atoms with E-state index in [1.54, 1.807) is 12.1 Å². The molecule has 5 nitrogen and oxygen atoms in total. The molecule has 1 aliphatic carbocycles. The van der Waals surface area contributed by atoms with Crippen molar-refractivity contribution in [2.24, 2.45) is 0 Å². The van der Waals surface area contributed by atoms with Crippen LogP contribution in [0.4, 0.5) is 11.4 Å². The van der Waals surface area contributed by atoms with Crippen LogP contribution in [-0.2, 0) is 0 Å². The highest BCUT2D eigenvalue weighted by atomic mass is 16.6. The summed E-state index contributed by atoms with van der Waals surface area (Å²) in [5, 5.41) is 14.1. The Kier molecular flexibility index (Phi) is 4.04. The third-order valence-electron chi connectivity index (χ3n) is 3.69. The Labute approximate surface area is 113 Å². The van der Waals surface area contributed by atoms with Crippen LogP contribution >= 0.6 is 0 Å². The molecule has 2 rings (SSSR count). The van der Waals surface area contributed by atoms with Gasteiger partial charge in [0, 0.05) is 36.4 Å². The number of nitro groups is 1. The van der Waals surface area contributed by atoms with Crippen molar-refractivity contribution in [3.8, 4) is 0 Å². The van der Waals surface area contributed by atoms with Crippen LogP contribution in [0.1, 0.15) is 25.3 Å². The predicted molar refractivity (Wildman–Crippen MR) is 76.6 cm³/mol. The fourth-order valence-electron chi connectivity index (χ4n) is 2.22. The minimum Gasteiger partial charge on any atom is -0.383 e. The molecule has 1 saturated carbocycles. The van der Waals surface area contributed by atoms with E-state index in [0.29, 0.717) is 6.04 Å². The Hall–Kier alpha value is -1.62. The standard InChI is InChI=1S/C14H21N3O2/c1-10-6-12(8-14(7-10)17(18)19)15-9-11(2)16(3)13-4-5-13/h6-8,11,13,15H,4-5,9H2,1-3H3. The molecule has 0 bridgehead atoms. The molecule has 1 fully saturated rings. The van der Waals surface area contributed by atoms with E-state index in [-0.39, 0.29) is 10.6 Å². The summed E-state index contributed by atoms with van der Waals surface area (Å²) in [5.41, 5.74) is 1.87. The number of rotatable bonds is 6. The quantitative estimate of drug-likeness (QED) is 0.633. The molecule has 0 radical (unpaired) electrons. The zero-order valence-electron chi connectivity index (χ0n) is 11.7. The van der Waals surface area contributed by atoms with Gasteiger partial charge in [-0.05, 0) is 45.4 Å². The van der Waals surface area contributed by atoms with E-state index in [1.165, 1.54) is 12.8 Å². The van der Waals surface area contributed by atoms with E-state index in [2.05, 4.69) is 24.2 Å². The maximum absolute atomic E-state index is 10.8. The number of nitrogens with one attached hydrogen (secondary N) is 1. The predicted octanol–water partition coefficient (Wildman–Crippen LogP) is 2.80. The summed E-state index contributed by atoms with van der Waals surface area (Å²) < 4.78 is 0. The Balaban J connectivity index is 1.96. The molecule has 1 aliphatic rings. The van der Waals surface area contributed by atoms with Crippen molar-refractivity contribution in [1.82, 2.24) is 4.90 Å². The molecule has 0 heterocycles. The summed E-state index contributed by atoms with van der Waals surface area (Å²) in [6, 6.07) is 6.27. The summed E-state index contributed by atoms with van der Waals surface area (Å²) in [4.78, 5) is 12.8. The molecule has 1 atom stereocenters. The molecular weight excluding hydrogens is 242 g/mol. The fraction of sp³-hybridized carbons (Fsp3) is 0.571. The second kappa shape index (κ2) is 5.57. The van der Waals surface area contributed by atoms with Gasteiger partial charge in [-0.15, -0.1) is 0 Å². The van der Waals surface area contributed by atoms with Gasteiger partial charge in [-0.2, -0.15) is 0 Å². The van der Waals surface area contributed by atoms with E-state index in [9.17, 15) is 10.1 Å². The van der Waals surface area contributed by atoms with Crippen LogP contribution in [0.3, 0.4) is 0 Å². The Morgan fingerprint density at radius 3 is 2.74 bits per heavy atom. The molecule has 1 N–H and O–H groups in total. The molecule has 104 valence electrons. The van der Waals surface area contributed by atoms with Crippen LogP contribution in [0, 0.1) is 17.0 Å². The minimum absolute atomic E-state index is 0.144. The third-order valence-corrected chi connectivity index (χ3v) is 3.69. The molecule has 1 aromatic rings. The van der Waals surface area contributed by atoms with Crippen LogP contribution in [0.15, 0.2) is 18.2 Å². The highest BCUT2D eigenvalue weighted by Crippen LogP contribution is 2.27. The summed E-state index contributed by atoms with van der Waals surface area (Å²) in [6.45, 7) is 4.85. The molecule has 0 spiro atoms. The van der Waals surface area contributed by atoms with E-state index in [4.69, 9.17) is 0 Å². The lowest BCUT2D eigenvalue weighted by Crippen LogP contribution is -2.36. The first-order chi connectivity index (χ1) is 8.97. The van der Waals surface area contributed by atoms with Gasteiger partial charge < -0.3 is 5.32 Å². The van der Waals surface area contributed by atoms with Gasteiger partial charge in [0.25, 0.3) is 5.69 Å². The molecule has 0 amide bonds. The van der Waals surface area contributed by atoms with Gasteiger partial charge in [-0.25, -0.2) is 0 Å². The number of hydrogen-bond acceptors (Lipinski definition) is 4. The number of likely N-dealkylation sites (N-methyl/N-ethyl adjacent to an activating group) is 1. The average Bonchev–Trinajstić information content (AvgIpc) is 3.18. The number of aryl methyl sites for hydroxylation is 1. The van der Waals surface area contributed by atoms with Crippen molar-refractivity contribution < 1.29 is 4.92 Å². The number of nitro benzene ring substituents is 1. The van der Waals surface area contributed by atoms with Crippen molar-refractivity contribution in [3.63, 3.8) is 0 Å². The monoisotopic (exact) mass is 263 g/mol. The van der Waals surface area contributed by atoms with Crippen LogP contribution in [0.5, 0.6) is 0 Å². The van der Waals surface area contributed by atoms with Gasteiger partial charge in [-0.3, -0.25) is 15.0 Å². The number of non-ortho nitro benzene ring substituents is 1. The van der Waals surface area contributed by atoms with Crippen LogP contribution in [-0.4, -0.2) is 35.5 Å². The number of benzene rings is 1. The van der Waals surface area contributed by atoms with Gasteiger partial charge in [-0.1, -0.05) is 0 Å². The Morgan fingerprint density at radius 2 is 2.16 bits per heavy atom. The van der Waals surface area contributed by atoms with E-state index >= 15 is 0 Å². The lowest BCUT2D eigenvalue weighted by atomic mass is 10.2. The largest absolute Gasteiger partial charge is 0.383 e. The Morgan fingerprint density at radius 1 is 1.47 bits per heavy atom. The van der Waals surface area contributed by atoms with Crippen molar-refractivity contribution in [2.75, 3.05) is 18.9 Å².